The number of rotatable bonds is 4. The molecule has 0 amide bonds. The first-order valence-electron chi connectivity index (χ1n) is 3.93. The number of hydrogen-bond acceptors (Lipinski definition) is 3. The van der Waals surface area contributed by atoms with Crippen LogP contribution in [-0.4, -0.2) is 20.5 Å². The number of aromatic nitrogens is 3. The third kappa shape index (κ3) is 2.11. The fourth-order valence-corrected chi connectivity index (χ4v) is 1.66. The van der Waals surface area contributed by atoms with Gasteiger partial charge in [-0.3, -0.25) is 0 Å². The molecule has 1 aromatic rings. The fourth-order valence-electron chi connectivity index (χ4n) is 0.882. The molecule has 0 aliphatic rings. The first kappa shape index (κ1) is 9.32. The first-order valence-corrected chi connectivity index (χ1v) is 4.91. The normalized spacial score (nSPS) is 10.2. The molecule has 4 heteroatoms. The van der Waals surface area contributed by atoms with E-state index in [1.807, 2.05) is 17.7 Å². The summed E-state index contributed by atoms with van der Waals surface area (Å²) in [6.45, 7) is 8.50. The van der Waals surface area contributed by atoms with Crippen LogP contribution in [-0.2, 0) is 6.54 Å². The summed E-state index contributed by atoms with van der Waals surface area (Å²) in [5.74, 6) is 1.72. The van der Waals surface area contributed by atoms with Crippen LogP contribution < -0.4 is 0 Å². The largest absolute Gasteiger partial charge is 0.241 e. The van der Waals surface area contributed by atoms with Crippen LogP contribution in [0, 0.1) is 6.92 Å². The number of thioether (sulfide) groups is 1. The van der Waals surface area contributed by atoms with Crippen molar-refractivity contribution in [3.05, 3.63) is 18.5 Å². The first-order chi connectivity index (χ1) is 5.77. The predicted octanol–water partition coefficient (Wildman–Crippen LogP) is 1.88. The summed E-state index contributed by atoms with van der Waals surface area (Å²) in [5.41, 5.74) is 0. The maximum absolute atomic E-state index is 4.29. The average Bonchev–Trinajstić information content (AvgIpc) is 2.42. The van der Waals surface area contributed by atoms with Crippen LogP contribution in [0.15, 0.2) is 17.8 Å². The second-order valence-corrected chi connectivity index (χ2v) is 3.34. The van der Waals surface area contributed by atoms with Crippen LogP contribution in [0.4, 0.5) is 0 Å². The van der Waals surface area contributed by atoms with E-state index in [0.29, 0.717) is 0 Å². The molecule has 3 nitrogen and oxygen atoms in total. The second-order valence-electron chi connectivity index (χ2n) is 2.36. The molecule has 0 N–H and O–H groups in total. The van der Waals surface area contributed by atoms with Gasteiger partial charge in [0.15, 0.2) is 5.16 Å². The lowest BCUT2D eigenvalue weighted by molar-refractivity contribution is 0.594. The van der Waals surface area contributed by atoms with Gasteiger partial charge < -0.3 is 0 Å². The van der Waals surface area contributed by atoms with Crippen LogP contribution >= 0.6 is 11.8 Å². The summed E-state index contributed by atoms with van der Waals surface area (Å²) in [5, 5.41) is 5.21. The molecule has 0 atom stereocenters. The van der Waals surface area contributed by atoms with Gasteiger partial charge in [-0.15, -0.1) is 6.58 Å². The van der Waals surface area contributed by atoms with Crippen molar-refractivity contribution in [1.29, 1.82) is 0 Å². The molecule has 1 aromatic heterocycles. The molecule has 1 heterocycles. The van der Waals surface area contributed by atoms with Crippen molar-refractivity contribution in [1.82, 2.24) is 14.8 Å². The number of nitrogens with zero attached hydrogens (tertiary/aromatic N) is 3. The van der Waals surface area contributed by atoms with Gasteiger partial charge in [0.2, 0.25) is 0 Å². The van der Waals surface area contributed by atoms with Gasteiger partial charge in [-0.2, -0.15) is 5.10 Å². The van der Waals surface area contributed by atoms with Crippen LogP contribution in [0.25, 0.3) is 0 Å². The smallest absolute Gasteiger partial charge is 0.186 e. The summed E-state index contributed by atoms with van der Waals surface area (Å²) >= 11 is 1.66. The van der Waals surface area contributed by atoms with Gasteiger partial charge >= 0.3 is 0 Å². The molecule has 0 saturated carbocycles. The number of aryl methyl sites for hydroxylation is 2. The number of hydrogen-bond donors (Lipinski definition) is 0. The molecule has 12 heavy (non-hydrogen) atoms. The van der Waals surface area contributed by atoms with E-state index in [9.17, 15) is 0 Å². The monoisotopic (exact) mass is 183 g/mol. The Morgan fingerprint density at radius 2 is 2.42 bits per heavy atom. The molecule has 0 spiro atoms. The Bertz CT molecular complexity index is 267. The lowest BCUT2D eigenvalue weighted by Gasteiger charge is -1.98. The molecular weight excluding hydrogens is 170 g/mol. The van der Waals surface area contributed by atoms with Crippen molar-refractivity contribution in [2.75, 3.05) is 5.75 Å². The van der Waals surface area contributed by atoms with Gasteiger partial charge in [0.05, 0.1) is 0 Å². The Labute approximate surface area is 76.9 Å². The summed E-state index contributed by atoms with van der Waals surface area (Å²) in [6.07, 6.45) is 1.87. The SMILES string of the molecule is C=CCSc1nc(C)nn1CC. The van der Waals surface area contributed by atoms with Gasteiger partial charge in [-0.25, -0.2) is 9.67 Å². The summed E-state index contributed by atoms with van der Waals surface area (Å²) in [6, 6.07) is 0. The highest BCUT2D eigenvalue weighted by molar-refractivity contribution is 7.99. The van der Waals surface area contributed by atoms with Crippen molar-refractivity contribution in [2.24, 2.45) is 0 Å². The molecule has 0 aliphatic carbocycles. The van der Waals surface area contributed by atoms with E-state index in [1.165, 1.54) is 0 Å². The molecule has 0 fully saturated rings. The van der Waals surface area contributed by atoms with Gasteiger partial charge in [0.1, 0.15) is 5.82 Å². The van der Waals surface area contributed by atoms with Crippen LogP contribution in [0.5, 0.6) is 0 Å². The fraction of sp³-hybridized carbons (Fsp3) is 0.500. The Morgan fingerprint density at radius 3 is 3.00 bits per heavy atom. The Balaban J connectivity index is 2.74. The Morgan fingerprint density at radius 1 is 1.67 bits per heavy atom. The minimum Gasteiger partial charge on any atom is -0.241 e. The van der Waals surface area contributed by atoms with Crippen LogP contribution in [0.2, 0.25) is 0 Å². The topological polar surface area (TPSA) is 30.7 Å². The summed E-state index contributed by atoms with van der Waals surface area (Å²) in [7, 11) is 0. The zero-order chi connectivity index (χ0) is 8.97. The van der Waals surface area contributed by atoms with E-state index in [-0.39, 0.29) is 0 Å². The average molecular weight is 183 g/mol. The molecule has 0 saturated heterocycles. The van der Waals surface area contributed by atoms with E-state index in [2.05, 4.69) is 23.6 Å². The van der Waals surface area contributed by atoms with E-state index in [4.69, 9.17) is 0 Å². The molecule has 0 unspecified atom stereocenters. The van der Waals surface area contributed by atoms with E-state index < -0.39 is 0 Å². The molecular formula is C8H13N3S. The molecule has 0 bridgehead atoms. The zero-order valence-corrected chi connectivity index (χ0v) is 8.27. The molecule has 1 rings (SSSR count). The van der Waals surface area contributed by atoms with E-state index in [0.717, 1.165) is 23.3 Å². The van der Waals surface area contributed by atoms with E-state index in [1.54, 1.807) is 11.8 Å². The lowest BCUT2D eigenvalue weighted by atomic mass is 10.8. The Kier molecular flexibility index (Phi) is 3.34. The summed E-state index contributed by atoms with van der Waals surface area (Å²) < 4.78 is 1.91. The summed E-state index contributed by atoms with van der Waals surface area (Å²) in [4.78, 5) is 4.29. The van der Waals surface area contributed by atoms with Crippen molar-refractivity contribution in [3.8, 4) is 0 Å². The van der Waals surface area contributed by atoms with Gasteiger partial charge in [0.25, 0.3) is 0 Å². The van der Waals surface area contributed by atoms with E-state index >= 15 is 0 Å². The third-order valence-corrected chi connectivity index (χ3v) is 2.34. The van der Waals surface area contributed by atoms with Gasteiger partial charge in [0, 0.05) is 12.3 Å². The van der Waals surface area contributed by atoms with Crippen molar-refractivity contribution >= 4 is 11.8 Å². The maximum atomic E-state index is 4.29. The lowest BCUT2D eigenvalue weighted by Crippen LogP contribution is -1.98. The van der Waals surface area contributed by atoms with Crippen LogP contribution in [0.3, 0.4) is 0 Å². The van der Waals surface area contributed by atoms with Crippen LogP contribution in [0.1, 0.15) is 12.7 Å². The molecule has 0 aliphatic heterocycles. The standard InChI is InChI=1S/C8H13N3S/c1-4-6-12-8-9-7(3)10-11(8)5-2/h4H,1,5-6H2,2-3H3. The minimum atomic E-state index is 0.836. The quantitative estimate of drug-likeness (QED) is 0.527. The second kappa shape index (κ2) is 4.30. The third-order valence-electron chi connectivity index (χ3n) is 1.37. The molecule has 0 aromatic carbocycles. The predicted molar refractivity (Wildman–Crippen MR) is 51.4 cm³/mol. The molecule has 0 radical (unpaired) electrons. The van der Waals surface area contributed by atoms with Crippen molar-refractivity contribution in [3.63, 3.8) is 0 Å². The molecule has 66 valence electrons. The highest BCUT2D eigenvalue weighted by Gasteiger charge is 2.04. The van der Waals surface area contributed by atoms with Gasteiger partial charge in [-0.05, 0) is 13.8 Å². The highest BCUT2D eigenvalue weighted by atomic mass is 32.2. The zero-order valence-electron chi connectivity index (χ0n) is 7.45. The van der Waals surface area contributed by atoms with Gasteiger partial charge in [-0.1, -0.05) is 17.8 Å². The Hall–Kier alpha value is -0.770. The minimum absolute atomic E-state index is 0.836. The maximum Gasteiger partial charge on any atom is 0.186 e. The highest BCUT2D eigenvalue weighted by Crippen LogP contribution is 2.14. The van der Waals surface area contributed by atoms with Crippen molar-refractivity contribution in [2.45, 2.75) is 25.5 Å². The van der Waals surface area contributed by atoms with Crippen molar-refractivity contribution < 1.29 is 0 Å².